The highest BCUT2D eigenvalue weighted by atomic mass is 35.5. The predicted molar refractivity (Wildman–Crippen MR) is 69.4 cm³/mol. The van der Waals surface area contributed by atoms with Gasteiger partial charge in [0.25, 0.3) is 0 Å². The highest BCUT2D eigenvalue weighted by Gasteiger charge is 2.23. The van der Waals surface area contributed by atoms with Crippen molar-refractivity contribution in [1.82, 2.24) is 10.6 Å². The molecule has 0 saturated carbocycles. The van der Waals surface area contributed by atoms with E-state index in [-0.39, 0.29) is 18.0 Å². The summed E-state index contributed by atoms with van der Waals surface area (Å²) in [5, 5.41) is 7.29. The van der Waals surface area contributed by atoms with Crippen LogP contribution in [0.5, 0.6) is 0 Å². The Bertz CT molecular complexity index is 437. The van der Waals surface area contributed by atoms with Crippen molar-refractivity contribution in [2.24, 2.45) is 0 Å². The largest absolute Gasteiger partial charge is 0.354 e. The molecular formula is C12H14Cl2N2O. The number of hydrogen-bond acceptors (Lipinski definition) is 2. The van der Waals surface area contributed by atoms with E-state index >= 15 is 0 Å². The lowest BCUT2D eigenvalue weighted by atomic mass is 10.1. The fraction of sp³-hybridized carbons (Fsp3) is 0.417. The van der Waals surface area contributed by atoms with Crippen LogP contribution in [0.2, 0.25) is 10.0 Å². The Hall–Kier alpha value is -0.770. The first-order valence-corrected chi connectivity index (χ1v) is 6.30. The number of benzene rings is 1. The van der Waals surface area contributed by atoms with Gasteiger partial charge < -0.3 is 10.6 Å². The second-order valence-corrected chi connectivity index (χ2v) is 5.02. The maximum Gasteiger partial charge on any atom is 0.221 e. The van der Waals surface area contributed by atoms with E-state index in [1.165, 1.54) is 0 Å². The lowest BCUT2D eigenvalue weighted by molar-refractivity contribution is -0.119. The molecule has 0 aliphatic carbocycles. The number of carbonyl (C=O) groups excluding carboxylic acids is 1. The highest BCUT2D eigenvalue weighted by molar-refractivity contribution is 6.42. The second kappa shape index (κ2) is 5.25. The SMILES string of the molecule is CC(NC1CNC(=O)C1)c1cccc(Cl)c1Cl. The Morgan fingerprint density at radius 3 is 2.88 bits per heavy atom. The van der Waals surface area contributed by atoms with E-state index in [1.54, 1.807) is 6.07 Å². The van der Waals surface area contributed by atoms with Crippen molar-refractivity contribution in [2.75, 3.05) is 6.54 Å². The summed E-state index contributed by atoms with van der Waals surface area (Å²) in [6, 6.07) is 5.81. The Labute approximate surface area is 110 Å². The van der Waals surface area contributed by atoms with Crippen LogP contribution in [0.15, 0.2) is 18.2 Å². The van der Waals surface area contributed by atoms with Crippen LogP contribution in [-0.2, 0) is 4.79 Å². The van der Waals surface area contributed by atoms with Crippen LogP contribution in [0.1, 0.15) is 24.9 Å². The van der Waals surface area contributed by atoms with Gasteiger partial charge in [-0.15, -0.1) is 0 Å². The number of halogens is 2. The standard InChI is InChI=1S/C12H14Cl2N2O/c1-7(16-8-5-11(17)15-6-8)9-3-2-4-10(13)12(9)14/h2-4,7-8,16H,5-6H2,1H3,(H,15,17). The lowest BCUT2D eigenvalue weighted by Crippen LogP contribution is -2.33. The highest BCUT2D eigenvalue weighted by Crippen LogP contribution is 2.30. The van der Waals surface area contributed by atoms with Crippen LogP contribution in [0, 0.1) is 0 Å². The Kier molecular flexibility index (Phi) is 3.92. The van der Waals surface area contributed by atoms with Crippen LogP contribution in [0.3, 0.4) is 0 Å². The monoisotopic (exact) mass is 272 g/mol. The normalized spacial score (nSPS) is 21.4. The molecule has 1 saturated heterocycles. The van der Waals surface area contributed by atoms with Crippen molar-refractivity contribution >= 4 is 29.1 Å². The van der Waals surface area contributed by atoms with Crippen LogP contribution < -0.4 is 10.6 Å². The molecule has 0 bridgehead atoms. The summed E-state index contributed by atoms with van der Waals surface area (Å²) in [6.45, 7) is 2.68. The molecule has 2 N–H and O–H groups in total. The van der Waals surface area contributed by atoms with E-state index in [1.807, 2.05) is 19.1 Å². The summed E-state index contributed by atoms with van der Waals surface area (Å²) < 4.78 is 0. The van der Waals surface area contributed by atoms with E-state index in [2.05, 4.69) is 10.6 Å². The summed E-state index contributed by atoms with van der Waals surface area (Å²) in [7, 11) is 0. The minimum atomic E-state index is 0.0684. The molecule has 1 fully saturated rings. The molecular weight excluding hydrogens is 259 g/mol. The van der Waals surface area contributed by atoms with Gasteiger partial charge in [0.05, 0.1) is 10.0 Å². The van der Waals surface area contributed by atoms with E-state index < -0.39 is 0 Å². The molecule has 2 rings (SSSR count). The van der Waals surface area contributed by atoms with E-state index in [4.69, 9.17) is 23.2 Å². The summed E-state index contributed by atoms with van der Waals surface area (Å²) in [6.07, 6.45) is 0.516. The third-order valence-electron chi connectivity index (χ3n) is 2.91. The molecule has 0 radical (unpaired) electrons. The summed E-state index contributed by atoms with van der Waals surface area (Å²) in [5.41, 5.74) is 0.957. The molecule has 1 aliphatic rings. The van der Waals surface area contributed by atoms with Crippen molar-refractivity contribution in [1.29, 1.82) is 0 Å². The number of nitrogens with one attached hydrogen (secondary N) is 2. The second-order valence-electron chi connectivity index (χ2n) is 4.24. The summed E-state index contributed by atoms with van der Waals surface area (Å²) in [4.78, 5) is 11.1. The zero-order chi connectivity index (χ0) is 12.4. The Morgan fingerprint density at radius 1 is 1.47 bits per heavy atom. The molecule has 1 aliphatic heterocycles. The van der Waals surface area contributed by atoms with Gasteiger partial charge in [0.15, 0.2) is 0 Å². The topological polar surface area (TPSA) is 41.1 Å². The number of hydrogen-bond donors (Lipinski definition) is 2. The molecule has 0 spiro atoms. The van der Waals surface area contributed by atoms with Crippen molar-refractivity contribution in [2.45, 2.75) is 25.4 Å². The minimum Gasteiger partial charge on any atom is -0.354 e. The van der Waals surface area contributed by atoms with Gasteiger partial charge in [0.1, 0.15) is 0 Å². The molecule has 2 atom stereocenters. The molecule has 5 heteroatoms. The third kappa shape index (κ3) is 2.92. The molecule has 1 aromatic carbocycles. The first kappa shape index (κ1) is 12.7. The first-order chi connectivity index (χ1) is 8.08. The zero-order valence-electron chi connectivity index (χ0n) is 9.47. The van der Waals surface area contributed by atoms with E-state index in [0.29, 0.717) is 23.0 Å². The quantitative estimate of drug-likeness (QED) is 0.888. The smallest absolute Gasteiger partial charge is 0.221 e. The van der Waals surface area contributed by atoms with Gasteiger partial charge in [-0.1, -0.05) is 35.3 Å². The lowest BCUT2D eigenvalue weighted by Gasteiger charge is -2.19. The fourth-order valence-electron chi connectivity index (χ4n) is 2.02. The van der Waals surface area contributed by atoms with Crippen molar-refractivity contribution in [3.05, 3.63) is 33.8 Å². The van der Waals surface area contributed by atoms with Gasteiger partial charge >= 0.3 is 0 Å². The number of carbonyl (C=O) groups is 1. The van der Waals surface area contributed by atoms with Gasteiger partial charge in [-0.25, -0.2) is 0 Å². The maximum atomic E-state index is 11.1. The molecule has 1 amide bonds. The average molecular weight is 273 g/mol. The van der Waals surface area contributed by atoms with E-state index in [9.17, 15) is 4.79 Å². The first-order valence-electron chi connectivity index (χ1n) is 5.54. The van der Waals surface area contributed by atoms with Crippen LogP contribution in [0.4, 0.5) is 0 Å². The van der Waals surface area contributed by atoms with Gasteiger partial charge in [-0.2, -0.15) is 0 Å². The molecule has 17 heavy (non-hydrogen) atoms. The van der Waals surface area contributed by atoms with Crippen molar-refractivity contribution in [3.8, 4) is 0 Å². The Balaban J connectivity index is 2.06. The van der Waals surface area contributed by atoms with E-state index in [0.717, 1.165) is 5.56 Å². The molecule has 1 aromatic rings. The molecule has 3 nitrogen and oxygen atoms in total. The molecule has 0 aromatic heterocycles. The van der Waals surface area contributed by atoms with Gasteiger partial charge in [-0.3, -0.25) is 4.79 Å². The summed E-state index contributed by atoms with van der Waals surface area (Å²) in [5.74, 6) is 0.0897. The van der Waals surface area contributed by atoms with Crippen molar-refractivity contribution in [3.63, 3.8) is 0 Å². The molecule has 2 unspecified atom stereocenters. The van der Waals surface area contributed by atoms with Gasteiger partial charge in [0.2, 0.25) is 5.91 Å². The van der Waals surface area contributed by atoms with Gasteiger partial charge in [-0.05, 0) is 18.6 Å². The minimum absolute atomic E-state index is 0.0684. The van der Waals surface area contributed by atoms with Gasteiger partial charge in [0, 0.05) is 25.0 Å². The molecule has 92 valence electrons. The fourth-order valence-corrected chi connectivity index (χ4v) is 2.49. The third-order valence-corrected chi connectivity index (χ3v) is 3.74. The van der Waals surface area contributed by atoms with Crippen LogP contribution >= 0.6 is 23.2 Å². The van der Waals surface area contributed by atoms with Crippen LogP contribution in [-0.4, -0.2) is 18.5 Å². The number of rotatable bonds is 3. The number of amides is 1. The Morgan fingerprint density at radius 2 is 2.24 bits per heavy atom. The molecule has 1 heterocycles. The van der Waals surface area contributed by atoms with Crippen LogP contribution in [0.25, 0.3) is 0 Å². The summed E-state index contributed by atoms with van der Waals surface area (Å²) >= 11 is 12.1. The zero-order valence-corrected chi connectivity index (χ0v) is 11.0. The predicted octanol–water partition coefficient (Wildman–Crippen LogP) is 2.53. The van der Waals surface area contributed by atoms with Crippen molar-refractivity contribution < 1.29 is 4.79 Å². The maximum absolute atomic E-state index is 11.1. The average Bonchev–Trinajstić information content (AvgIpc) is 2.68.